The van der Waals surface area contributed by atoms with Gasteiger partial charge in [-0.15, -0.1) is 0 Å². The Morgan fingerprint density at radius 1 is 1.48 bits per heavy atom. The van der Waals surface area contributed by atoms with Gasteiger partial charge in [0.2, 0.25) is 5.91 Å². The maximum Gasteiger partial charge on any atom is 0.237 e. The van der Waals surface area contributed by atoms with E-state index in [0.717, 1.165) is 32.1 Å². The summed E-state index contributed by atoms with van der Waals surface area (Å²) in [4.78, 5) is 13.8. The predicted molar refractivity (Wildman–Crippen MR) is 78.8 cm³/mol. The maximum atomic E-state index is 12.2. The molecule has 2 heterocycles. The van der Waals surface area contributed by atoms with E-state index in [1.54, 1.807) is 4.90 Å². The van der Waals surface area contributed by atoms with Crippen molar-refractivity contribution in [3.05, 3.63) is 0 Å². The number of nitrogens with zero attached hydrogens (tertiary/aromatic N) is 1. The van der Waals surface area contributed by atoms with Gasteiger partial charge in [-0.3, -0.25) is 4.79 Å². The Bertz CT molecular complexity index is 478. The molecule has 2 atom stereocenters. The standard InChI is InChI=1S/C14H25NO5S/c1-3-19-11-14-6-4-8-20-12(14)5-7-15(10-14)13(16)9-21(2,17)18/h12H,3-11H2,1-2H3/t12-,14+/m0/s1. The quantitative estimate of drug-likeness (QED) is 0.736. The zero-order valence-electron chi connectivity index (χ0n) is 12.8. The second-order valence-corrected chi connectivity index (χ2v) is 8.28. The van der Waals surface area contributed by atoms with Crippen LogP contribution in [0.2, 0.25) is 0 Å². The number of hydrogen-bond acceptors (Lipinski definition) is 5. The van der Waals surface area contributed by atoms with Gasteiger partial charge < -0.3 is 14.4 Å². The Hall–Kier alpha value is -0.660. The van der Waals surface area contributed by atoms with Crippen LogP contribution in [0.15, 0.2) is 0 Å². The van der Waals surface area contributed by atoms with Crippen LogP contribution in [0, 0.1) is 5.41 Å². The van der Waals surface area contributed by atoms with Gasteiger partial charge in [0, 0.05) is 38.0 Å². The lowest BCUT2D eigenvalue weighted by molar-refractivity contribution is -0.162. The lowest BCUT2D eigenvalue weighted by Crippen LogP contribution is -2.58. The van der Waals surface area contributed by atoms with Crippen molar-refractivity contribution in [1.29, 1.82) is 0 Å². The number of rotatable bonds is 5. The number of carbonyl (C=O) groups is 1. The highest BCUT2D eigenvalue weighted by atomic mass is 32.2. The Balaban J connectivity index is 2.09. The van der Waals surface area contributed by atoms with Gasteiger partial charge >= 0.3 is 0 Å². The molecule has 0 spiro atoms. The molecule has 0 aromatic rings. The summed E-state index contributed by atoms with van der Waals surface area (Å²) in [6.07, 6.45) is 3.87. The van der Waals surface area contributed by atoms with Crippen LogP contribution in [0.25, 0.3) is 0 Å². The van der Waals surface area contributed by atoms with Crippen LogP contribution >= 0.6 is 0 Å². The minimum absolute atomic E-state index is 0.111. The van der Waals surface area contributed by atoms with E-state index in [0.29, 0.717) is 26.3 Å². The van der Waals surface area contributed by atoms with Gasteiger partial charge in [0.1, 0.15) is 5.75 Å². The summed E-state index contributed by atoms with van der Waals surface area (Å²) < 4.78 is 34.1. The number of likely N-dealkylation sites (tertiary alicyclic amines) is 1. The van der Waals surface area contributed by atoms with E-state index in [-0.39, 0.29) is 17.4 Å². The zero-order chi connectivity index (χ0) is 15.5. The number of sulfone groups is 1. The topological polar surface area (TPSA) is 72.9 Å². The number of hydrogen-bond donors (Lipinski definition) is 0. The fourth-order valence-corrected chi connectivity index (χ4v) is 3.97. The second-order valence-electron chi connectivity index (χ2n) is 6.14. The summed E-state index contributed by atoms with van der Waals surface area (Å²) in [5.41, 5.74) is -0.181. The molecule has 2 rings (SSSR count). The average molecular weight is 319 g/mol. The molecule has 0 unspecified atom stereocenters. The van der Waals surface area contributed by atoms with E-state index in [4.69, 9.17) is 9.47 Å². The molecule has 0 aliphatic carbocycles. The van der Waals surface area contributed by atoms with Gasteiger partial charge in [-0.1, -0.05) is 0 Å². The third kappa shape index (κ3) is 4.17. The molecule has 2 aliphatic heterocycles. The third-order valence-electron chi connectivity index (χ3n) is 4.32. The first-order valence-electron chi connectivity index (χ1n) is 7.51. The van der Waals surface area contributed by atoms with Gasteiger partial charge in [-0.25, -0.2) is 8.42 Å². The van der Waals surface area contributed by atoms with Crippen molar-refractivity contribution in [3.63, 3.8) is 0 Å². The van der Waals surface area contributed by atoms with E-state index < -0.39 is 15.6 Å². The van der Waals surface area contributed by atoms with Crippen molar-refractivity contribution in [1.82, 2.24) is 4.90 Å². The molecule has 122 valence electrons. The van der Waals surface area contributed by atoms with Crippen molar-refractivity contribution in [3.8, 4) is 0 Å². The van der Waals surface area contributed by atoms with Crippen molar-refractivity contribution in [2.75, 3.05) is 44.9 Å². The van der Waals surface area contributed by atoms with Crippen molar-refractivity contribution in [2.45, 2.75) is 32.3 Å². The molecule has 0 saturated carbocycles. The van der Waals surface area contributed by atoms with Gasteiger partial charge in [0.05, 0.1) is 12.7 Å². The smallest absolute Gasteiger partial charge is 0.237 e. The molecular weight excluding hydrogens is 294 g/mol. The molecule has 1 amide bonds. The van der Waals surface area contributed by atoms with Crippen molar-refractivity contribution < 1.29 is 22.7 Å². The number of ether oxygens (including phenoxy) is 2. The minimum atomic E-state index is -3.29. The Labute approximate surface area is 126 Å². The van der Waals surface area contributed by atoms with Gasteiger partial charge in [-0.05, 0) is 26.2 Å². The summed E-state index contributed by atoms with van der Waals surface area (Å²) in [6.45, 7) is 5.00. The normalized spacial score (nSPS) is 30.0. The number of carbonyl (C=O) groups excluding carboxylic acids is 1. The molecule has 6 nitrogen and oxygen atoms in total. The molecule has 2 fully saturated rings. The van der Waals surface area contributed by atoms with Gasteiger partial charge in [-0.2, -0.15) is 0 Å². The molecule has 0 aromatic carbocycles. The fraction of sp³-hybridized carbons (Fsp3) is 0.929. The fourth-order valence-electron chi connectivity index (χ4n) is 3.33. The third-order valence-corrected chi connectivity index (χ3v) is 5.09. The van der Waals surface area contributed by atoms with Crippen LogP contribution in [0.1, 0.15) is 26.2 Å². The first-order valence-corrected chi connectivity index (χ1v) is 9.57. The first kappa shape index (κ1) is 16.7. The summed E-state index contributed by atoms with van der Waals surface area (Å²) >= 11 is 0. The monoisotopic (exact) mass is 319 g/mol. The SMILES string of the molecule is CCOC[C@]12CCCO[C@H]1CCN(C(=O)CS(C)(=O)=O)C2. The van der Waals surface area contributed by atoms with Crippen molar-refractivity contribution >= 4 is 15.7 Å². The van der Waals surface area contributed by atoms with Crippen LogP contribution in [0.5, 0.6) is 0 Å². The van der Waals surface area contributed by atoms with Gasteiger partial charge in [0.25, 0.3) is 0 Å². The van der Waals surface area contributed by atoms with E-state index in [9.17, 15) is 13.2 Å². The lowest BCUT2D eigenvalue weighted by atomic mass is 9.73. The highest BCUT2D eigenvalue weighted by Crippen LogP contribution is 2.40. The molecular formula is C14H25NO5S. The second kappa shape index (κ2) is 6.62. The molecule has 0 bridgehead atoms. The zero-order valence-corrected chi connectivity index (χ0v) is 13.7. The summed E-state index contributed by atoms with van der Waals surface area (Å²) in [7, 11) is -3.29. The van der Waals surface area contributed by atoms with E-state index in [2.05, 4.69) is 0 Å². The summed E-state index contributed by atoms with van der Waals surface area (Å²) in [5, 5.41) is 0. The van der Waals surface area contributed by atoms with E-state index in [1.165, 1.54) is 0 Å². The Morgan fingerprint density at radius 2 is 2.24 bits per heavy atom. The molecule has 0 aromatic heterocycles. The highest BCUT2D eigenvalue weighted by molar-refractivity contribution is 7.91. The molecule has 0 N–H and O–H groups in total. The molecule has 0 radical (unpaired) electrons. The van der Waals surface area contributed by atoms with Crippen LogP contribution in [-0.2, 0) is 24.1 Å². The van der Waals surface area contributed by atoms with E-state index in [1.807, 2.05) is 6.92 Å². The maximum absolute atomic E-state index is 12.2. The largest absolute Gasteiger partial charge is 0.381 e. The number of piperidine rings is 1. The average Bonchev–Trinajstić information content (AvgIpc) is 2.42. The van der Waals surface area contributed by atoms with Gasteiger partial charge in [0.15, 0.2) is 9.84 Å². The molecule has 21 heavy (non-hydrogen) atoms. The summed E-state index contributed by atoms with van der Waals surface area (Å²) in [6, 6.07) is 0. The first-order chi connectivity index (χ1) is 9.86. The van der Waals surface area contributed by atoms with Crippen LogP contribution in [0.4, 0.5) is 0 Å². The Kier molecular flexibility index (Phi) is 5.27. The highest BCUT2D eigenvalue weighted by Gasteiger charge is 2.47. The number of amides is 1. The van der Waals surface area contributed by atoms with E-state index >= 15 is 0 Å². The van der Waals surface area contributed by atoms with Crippen LogP contribution in [0.3, 0.4) is 0 Å². The molecule has 2 aliphatic rings. The van der Waals surface area contributed by atoms with Crippen LogP contribution < -0.4 is 0 Å². The predicted octanol–water partition coefficient (Wildman–Crippen LogP) is 0.465. The number of fused-ring (bicyclic) bond motifs is 1. The van der Waals surface area contributed by atoms with Crippen LogP contribution in [-0.4, -0.2) is 70.2 Å². The lowest BCUT2D eigenvalue weighted by Gasteiger charge is -2.50. The Morgan fingerprint density at radius 3 is 2.90 bits per heavy atom. The molecule has 7 heteroatoms. The van der Waals surface area contributed by atoms with Crippen molar-refractivity contribution in [2.24, 2.45) is 5.41 Å². The molecule has 2 saturated heterocycles. The minimum Gasteiger partial charge on any atom is -0.381 e. The summed E-state index contributed by atoms with van der Waals surface area (Å²) in [5.74, 6) is -0.721.